The summed E-state index contributed by atoms with van der Waals surface area (Å²) in [6, 6.07) is 4.30. The number of benzene rings is 1. The van der Waals surface area contributed by atoms with Crippen LogP contribution < -0.4 is 9.39 Å². The molecule has 0 aromatic heterocycles. The van der Waals surface area contributed by atoms with Gasteiger partial charge in [0.15, 0.2) is 0 Å². The van der Waals surface area contributed by atoms with Crippen LogP contribution in [0.25, 0.3) is 0 Å². The van der Waals surface area contributed by atoms with Crippen LogP contribution in [-0.4, -0.2) is 34.0 Å². The van der Waals surface area contributed by atoms with Crippen molar-refractivity contribution in [3.05, 3.63) is 23.8 Å². The van der Waals surface area contributed by atoms with E-state index < -0.39 is 18.9 Å². The Balaban J connectivity index is 3.22. The van der Waals surface area contributed by atoms with E-state index in [-0.39, 0.29) is 17.1 Å². The van der Waals surface area contributed by atoms with Crippen LogP contribution in [-0.2, 0) is 0 Å². The van der Waals surface area contributed by atoms with Crippen LogP contribution in [0, 0.1) is 0 Å². The van der Waals surface area contributed by atoms with E-state index in [1.165, 1.54) is 18.2 Å². The lowest BCUT2D eigenvalue weighted by atomic mass is 10.1. The van der Waals surface area contributed by atoms with Crippen molar-refractivity contribution >= 4 is 13.3 Å². The lowest BCUT2D eigenvalue weighted by molar-refractivity contribution is 0.0678. The summed E-state index contributed by atoms with van der Waals surface area (Å²) in [5, 5.41) is 26.6. The van der Waals surface area contributed by atoms with Gasteiger partial charge in [-0.2, -0.15) is 0 Å². The molecule has 0 unspecified atom stereocenters. The van der Waals surface area contributed by atoms with Gasteiger partial charge < -0.3 is 24.5 Å². The first-order valence-corrected chi connectivity index (χ1v) is 5.29. The minimum atomic E-state index is -2.09. The minimum absolute atomic E-state index is 0.105. The second-order valence-corrected chi connectivity index (χ2v) is 4.59. The molecule has 0 saturated carbocycles. The van der Waals surface area contributed by atoms with Gasteiger partial charge in [0, 0.05) is 0 Å². The van der Waals surface area contributed by atoms with E-state index in [2.05, 4.69) is 4.65 Å². The second-order valence-electron chi connectivity index (χ2n) is 4.59. The van der Waals surface area contributed by atoms with Crippen molar-refractivity contribution in [2.45, 2.75) is 26.4 Å². The Bertz CT molecular complexity index is 438. The van der Waals surface area contributed by atoms with Crippen LogP contribution in [0.2, 0.25) is 0 Å². The summed E-state index contributed by atoms with van der Waals surface area (Å²) in [6.07, 6.45) is 0. The van der Waals surface area contributed by atoms with E-state index in [9.17, 15) is 4.79 Å². The first kappa shape index (κ1) is 14.3. The third-order valence-corrected chi connectivity index (χ3v) is 1.85. The Kier molecular flexibility index (Phi) is 4.21. The largest absolute Gasteiger partial charge is 0.707 e. The van der Waals surface area contributed by atoms with Gasteiger partial charge in [-0.05, 0) is 32.9 Å². The molecule has 1 aromatic carbocycles. The molecule has 0 amide bonds. The number of aromatic carboxylic acids is 1. The van der Waals surface area contributed by atoms with Crippen molar-refractivity contribution in [2.24, 2.45) is 0 Å². The van der Waals surface area contributed by atoms with Gasteiger partial charge in [-0.1, -0.05) is 6.07 Å². The third kappa shape index (κ3) is 3.94. The first-order valence-electron chi connectivity index (χ1n) is 5.29. The summed E-state index contributed by atoms with van der Waals surface area (Å²) in [5.74, 6) is -1.34. The van der Waals surface area contributed by atoms with Gasteiger partial charge in [0.25, 0.3) is 0 Å². The van der Waals surface area contributed by atoms with Gasteiger partial charge in [0.1, 0.15) is 22.7 Å². The zero-order chi connectivity index (χ0) is 13.9. The Morgan fingerprint density at radius 3 is 2.22 bits per heavy atom. The zero-order valence-electron chi connectivity index (χ0n) is 10.4. The molecule has 0 spiro atoms. The second kappa shape index (κ2) is 5.28. The van der Waals surface area contributed by atoms with E-state index >= 15 is 0 Å². The first-order chi connectivity index (χ1) is 8.20. The Hall–Kier alpha value is -1.73. The molecule has 98 valence electrons. The van der Waals surface area contributed by atoms with Crippen molar-refractivity contribution in [1.82, 2.24) is 0 Å². The molecule has 0 aliphatic rings. The summed E-state index contributed by atoms with van der Waals surface area (Å²) in [7, 11) is -2.09. The van der Waals surface area contributed by atoms with Crippen LogP contribution in [0.3, 0.4) is 0 Å². The van der Waals surface area contributed by atoms with Crippen LogP contribution in [0.1, 0.15) is 31.1 Å². The van der Waals surface area contributed by atoms with E-state index in [1.54, 1.807) is 20.8 Å². The average molecular weight is 254 g/mol. The number of carboxylic acids is 1. The molecule has 0 radical (unpaired) electrons. The summed E-state index contributed by atoms with van der Waals surface area (Å²) >= 11 is 0. The van der Waals surface area contributed by atoms with Crippen LogP contribution in [0.4, 0.5) is 0 Å². The van der Waals surface area contributed by atoms with E-state index in [1.807, 2.05) is 0 Å². The molecular weight excluding hydrogens is 239 g/mol. The highest BCUT2D eigenvalue weighted by Gasteiger charge is 2.24. The fraction of sp³-hybridized carbons (Fsp3) is 0.364. The molecule has 0 saturated heterocycles. The lowest BCUT2D eigenvalue weighted by Gasteiger charge is -2.23. The molecule has 0 bridgehead atoms. The monoisotopic (exact) mass is 254 g/mol. The predicted octanol–water partition coefficient (Wildman–Crippen LogP) is 0.910. The summed E-state index contributed by atoms with van der Waals surface area (Å²) in [5.41, 5.74) is -0.832. The quantitative estimate of drug-likeness (QED) is 0.691. The van der Waals surface area contributed by atoms with Crippen LogP contribution in [0.5, 0.6) is 11.5 Å². The highest BCUT2D eigenvalue weighted by molar-refractivity contribution is 6.34. The number of rotatable bonds is 4. The Morgan fingerprint density at radius 1 is 1.22 bits per heavy atom. The molecule has 0 aliphatic carbocycles. The molecule has 0 aliphatic heterocycles. The highest BCUT2D eigenvalue weighted by atomic mass is 16.6. The van der Waals surface area contributed by atoms with Gasteiger partial charge in [-0.3, -0.25) is 0 Å². The number of hydrogen-bond donors (Lipinski definition) is 3. The number of hydrogen-bond acceptors (Lipinski definition) is 5. The van der Waals surface area contributed by atoms with Gasteiger partial charge in [0.05, 0.1) is 0 Å². The van der Waals surface area contributed by atoms with E-state index in [0.717, 1.165) is 0 Å². The van der Waals surface area contributed by atoms with Crippen molar-refractivity contribution in [3.8, 4) is 11.5 Å². The van der Waals surface area contributed by atoms with Crippen molar-refractivity contribution in [3.63, 3.8) is 0 Å². The van der Waals surface area contributed by atoms with Crippen LogP contribution >= 0.6 is 0 Å². The number of carboxylic acid groups (broad SMARTS) is 1. The van der Waals surface area contributed by atoms with Crippen molar-refractivity contribution in [1.29, 1.82) is 0 Å². The normalized spacial score (nSPS) is 10.9. The highest BCUT2D eigenvalue weighted by Crippen LogP contribution is 2.31. The molecule has 6 nitrogen and oxygen atoms in total. The molecule has 0 fully saturated rings. The fourth-order valence-electron chi connectivity index (χ4n) is 1.35. The van der Waals surface area contributed by atoms with Gasteiger partial charge in [0.2, 0.25) is 0 Å². The molecule has 7 heteroatoms. The molecule has 1 rings (SSSR count). The molecular formula is C11H15BO6. The maximum atomic E-state index is 11.2. The fourth-order valence-corrected chi connectivity index (χ4v) is 1.35. The topological polar surface area (TPSA) is 96.2 Å². The average Bonchev–Trinajstić information content (AvgIpc) is 2.13. The zero-order valence-corrected chi connectivity index (χ0v) is 10.4. The Morgan fingerprint density at radius 2 is 1.78 bits per heavy atom. The lowest BCUT2D eigenvalue weighted by Crippen LogP contribution is -2.25. The molecule has 0 heterocycles. The summed E-state index contributed by atoms with van der Waals surface area (Å²) < 4.78 is 10.1. The molecule has 1 aromatic rings. The molecule has 18 heavy (non-hydrogen) atoms. The van der Waals surface area contributed by atoms with Gasteiger partial charge >= 0.3 is 13.3 Å². The van der Waals surface area contributed by atoms with E-state index in [0.29, 0.717) is 0 Å². The standard InChI is InChI=1S/C11H15BO6/c1-11(2,3)17-7-5-4-6-8(18-12(15)16)9(7)10(13)14/h4-6,15-16H,1-3H3,(H,13,14). The third-order valence-electron chi connectivity index (χ3n) is 1.85. The maximum absolute atomic E-state index is 11.2. The number of ether oxygens (including phenoxy) is 1. The maximum Gasteiger partial charge on any atom is 0.707 e. The minimum Gasteiger partial charge on any atom is -0.511 e. The van der Waals surface area contributed by atoms with Crippen molar-refractivity contribution in [2.75, 3.05) is 0 Å². The Labute approximate surface area is 105 Å². The predicted molar refractivity (Wildman–Crippen MR) is 64.6 cm³/mol. The smallest absolute Gasteiger partial charge is 0.511 e. The van der Waals surface area contributed by atoms with Crippen molar-refractivity contribution < 1.29 is 29.3 Å². The molecule has 0 atom stereocenters. The van der Waals surface area contributed by atoms with Gasteiger partial charge in [-0.15, -0.1) is 0 Å². The summed E-state index contributed by atoms with van der Waals surface area (Å²) in [6.45, 7) is 5.31. The molecule has 3 N–H and O–H groups in total. The van der Waals surface area contributed by atoms with E-state index in [4.69, 9.17) is 19.9 Å². The van der Waals surface area contributed by atoms with Crippen LogP contribution in [0.15, 0.2) is 18.2 Å². The number of carbonyl (C=O) groups is 1. The summed E-state index contributed by atoms with van der Waals surface area (Å²) in [4.78, 5) is 11.2. The SMILES string of the molecule is CC(C)(C)Oc1cccc(OB(O)O)c1C(=O)O. The van der Waals surface area contributed by atoms with Gasteiger partial charge in [-0.25, -0.2) is 4.79 Å².